The van der Waals surface area contributed by atoms with E-state index in [1.807, 2.05) is 25.1 Å². The van der Waals surface area contributed by atoms with Crippen molar-refractivity contribution >= 4 is 45.7 Å². The van der Waals surface area contributed by atoms with E-state index < -0.39 is 0 Å². The van der Waals surface area contributed by atoms with Gasteiger partial charge in [-0.3, -0.25) is 14.9 Å². The van der Waals surface area contributed by atoms with Crippen molar-refractivity contribution in [1.82, 2.24) is 10.2 Å². The number of carbonyl (C=O) groups excluding carboxylic acids is 2. The number of unbranched alkanes of at least 4 members (excludes halogenated alkanes) is 1. The molecular weight excluding hydrogens is 416 g/mol. The molecule has 0 saturated carbocycles. The number of nitrogens with zero attached hydrogens (tertiary/aromatic N) is 2. The van der Waals surface area contributed by atoms with Crippen LogP contribution in [0.1, 0.15) is 47.1 Å². The van der Waals surface area contributed by atoms with Gasteiger partial charge in [-0.1, -0.05) is 55.0 Å². The fourth-order valence-electron chi connectivity index (χ4n) is 2.63. The highest BCUT2D eigenvalue weighted by Crippen LogP contribution is 2.23. The Kier molecular flexibility index (Phi) is 8.41. The first-order chi connectivity index (χ1) is 14.6. The fourth-order valence-corrected chi connectivity index (χ4v) is 4.41. The summed E-state index contributed by atoms with van der Waals surface area (Å²) in [6.45, 7) is 2.05. The molecule has 0 fully saturated rings. The molecule has 0 aliphatic heterocycles. The van der Waals surface area contributed by atoms with Crippen molar-refractivity contribution in [3.63, 3.8) is 0 Å². The van der Waals surface area contributed by atoms with Gasteiger partial charge in [0.2, 0.25) is 11.0 Å². The summed E-state index contributed by atoms with van der Waals surface area (Å²) < 4.78 is 0. The van der Waals surface area contributed by atoms with Crippen LogP contribution in [0.4, 0.5) is 10.8 Å². The fraction of sp³-hybridized carbons (Fsp3) is 0.273. The van der Waals surface area contributed by atoms with Crippen LogP contribution >= 0.6 is 23.1 Å². The molecule has 1 aromatic heterocycles. The lowest BCUT2D eigenvalue weighted by molar-refractivity contribution is -0.116. The molecule has 2 amide bonds. The number of nitrogens with one attached hydrogen (secondary N) is 2. The standard InChI is InChI=1S/C22H24N4O2S2/c1-2-3-9-19(27)23-18-12-10-17(11-13-18)21(28)24-22-26-25-20(30-22)15-29-14-16-7-5-4-6-8-16/h4-8,10-13H,2-3,9,14-15H2,1H3,(H,23,27)(H,24,26,28). The highest BCUT2D eigenvalue weighted by Gasteiger charge is 2.11. The third-order valence-corrected chi connectivity index (χ3v) is 6.25. The maximum Gasteiger partial charge on any atom is 0.257 e. The normalized spacial score (nSPS) is 10.6. The summed E-state index contributed by atoms with van der Waals surface area (Å²) in [4.78, 5) is 24.2. The molecule has 3 rings (SSSR count). The van der Waals surface area contributed by atoms with Gasteiger partial charge in [0.05, 0.1) is 0 Å². The maximum atomic E-state index is 12.4. The summed E-state index contributed by atoms with van der Waals surface area (Å²) >= 11 is 3.14. The Labute approximate surface area is 184 Å². The molecule has 2 aromatic carbocycles. The molecular formula is C22H24N4O2S2. The van der Waals surface area contributed by atoms with E-state index >= 15 is 0 Å². The lowest BCUT2D eigenvalue weighted by Gasteiger charge is -2.06. The van der Waals surface area contributed by atoms with E-state index in [2.05, 4.69) is 33.0 Å². The number of carbonyl (C=O) groups is 2. The summed E-state index contributed by atoms with van der Waals surface area (Å²) in [5.74, 6) is 1.39. The summed E-state index contributed by atoms with van der Waals surface area (Å²) in [5.41, 5.74) is 2.45. The van der Waals surface area contributed by atoms with Gasteiger partial charge in [-0.05, 0) is 36.2 Å². The first kappa shape index (κ1) is 22.0. The molecule has 0 unspecified atom stereocenters. The zero-order valence-corrected chi connectivity index (χ0v) is 18.4. The smallest absolute Gasteiger partial charge is 0.257 e. The van der Waals surface area contributed by atoms with Crippen LogP contribution in [0.15, 0.2) is 54.6 Å². The molecule has 8 heteroatoms. The predicted molar refractivity (Wildman–Crippen MR) is 124 cm³/mol. The van der Waals surface area contributed by atoms with E-state index in [4.69, 9.17) is 0 Å². The molecule has 2 N–H and O–H groups in total. The van der Waals surface area contributed by atoms with E-state index in [1.165, 1.54) is 16.9 Å². The lowest BCUT2D eigenvalue weighted by atomic mass is 10.2. The Morgan fingerprint density at radius 2 is 1.73 bits per heavy atom. The highest BCUT2D eigenvalue weighted by atomic mass is 32.2. The van der Waals surface area contributed by atoms with Gasteiger partial charge in [0, 0.05) is 29.2 Å². The summed E-state index contributed by atoms with van der Waals surface area (Å²) in [6, 6.07) is 17.1. The van der Waals surface area contributed by atoms with E-state index in [-0.39, 0.29) is 11.8 Å². The summed E-state index contributed by atoms with van der Waals surface area (Å²) in [7, 11) is 0. The molecule has 3 aromatic rings. The first-order valence-electron chi connectivity index (χ1n) is 9.79. The van der Waals surface area contributed by atoms with Gasteiger partial charge in [0.25, 0.3) is 5.91 Å². The molecule has 0 spiro atoms. The summed E-state index contributed by atoms with van der Waals surface area (Å²) in [5, 5.41) is 15.2. The van der Waals surface area contributed by atoms with Crippen molar-refractivity contribution in [2.24, 2.45) is 0 Å². The number of thioether (sulfide) groups is 1. The van der Waals surface area contributed by atoms with Crippen molar-refractivity contribution in [1.29, 1.82) is 0 Å². The average molecular weight is 441 g/mol. The van der Waals surface area contributed by atoms with Crippen LogP contribution in [-0.4, -0.2) is 22.0 Å². The third-order valence-electron chi connectivity index (χ3n) is 4.21. The van der Waals surface area contributed by atoms with Crippen molar-refractivity contribution in [3.05, 3.63) is 70.7 Å². The van der Waals surface area contributed by atoms with Gasteiger partial charge in [-0.2, -0.15) is 0 Å². The predicted octanol–water partition coefficient (Wildman–Crippen LogP) is 5.35. The van der Waals surface area contributed by atoms with Crippen molar-refractivity contribution < 1.29 is 9.59 Å². The Balaban J connectivity index is 1.47. The lowest BCUT2D eigenvalue weighted by Crippen LogP contribution is -2.13. The molecule has 156 valence electrons. The second kappa shape index (κ2) is 11.5. The van der Waals surface area contributed by atoms with Crippen LogP contribution in [-0.2, 0) is 16.3 Å². The molecule has 1 heterocycles. The van der Waals surface area contributed by atoms with Gasteiger partial charge in [-0.25, -0.2) is 0 Å². The second-order valence-corrected chi connectivity index (χ2v) is 8.71. The van der Waals surface area contributed by atoms with E-state index in [0.717, 1.165) is 29.4 Å². The Morgan fingerprint density at radius 3 is 2.47 bits per heavy atom. The van der Waals surface area contributed by atoms with Gasteiger partial charge in [0.15, 0.2) is 0 Å². The zero-order chi connectivity index (χ0) is 21.2. The average Bonchev–Trinajstić information content (AvgIpc) is 3.20. The van der Waals surface area contributed by atoms with Crippen LogP contribution in [0.3, 0.4) is 0 Å². The van der Waals surface area contributed by atoms with Crippen LogP contribution in [0.5, 0.6) is 0 Å². The number of amides is 2. The highest BCUT2D eigenvalue weighted by molar-refractivity contribution is 7.97. The maximum absolute atomic E-state index is 12.4. The largest absolute Gasteiger partial charge is 0.326 e. The topological polar surface area (TPSA) is 84.0 Å². The van der Waals surface area contributed by atoms with Gasteiger partial charge >= 0.3 is 0 Å². The Bertz CT molecular complexity index is 959. The van der Waals surface area contributed by atoms with Crippen LogP contribution in [0.2, 0.25) is 0 Å². The monoisotopic (exact) mass is 440 g/mol. The number of benzene rings is 2. The van der Waals surface area contributed by atoms with E-state index in [9.17, 15) is 9.59 Å². The molecule has 0 aliphatic carbocycles. The van der Waals surface area contributed by atoms with E-state index in [0.29, 0.717) is 22.8 Å². The SMILES string of the molecule is CCCCC(=O)Nc1ccc(C(=O)Nc2nnc(CSCc3ccccc3)s2)cc1. The third kappa shape index (κ3) is 6.96. The van der Waals surface area contributed by atoms with Gasteiger partial charge in [-0.15, -0.1) is 22.0 Å². The number of anilines is 2. The summed E-state index contributed by atoms with van der Waals surface area (Å²) in [6.07, 6.45) is 2.34. The number of hydrogen-bond donors (Lipinski definition) is 2. The van der Waals surface area contributed by atoms with Crippen molar-refractivity contribution in [2.45, 2.75) is 37.7 Å². The number of hydrogen-bond acceptors (Lipinski definition) is 6. The molecule has 0 saturated heterocycles. The number of aromatic nitrogens is 2. The van der Waals surface area contributed by atoms with Gasteiger partial charge < -0.3 is 5.32 Å². The second-order valence-electron chi connectivity index (χ2n) is 6.66. The van der Waals surface area contributed by atoms with Crippen LogP contribution in [0, 0.1) is 0 Å². The Hall–Kier alpha value is -2.71. The Morgan fingerprint density at radius 1 is 0.967 bits per heavy atom. The van der Waals surface area contributed by atoms with Crippen molar-refractivity contribution in [3.8, 4) is 0 Å². The number of rotatable bonds is 10. The quantitative estimate of drug-likeness (QED) is 0.444. The molecule has 0 bridgehead atoms. The molecule has 0 aliphatic rings. The first-order valence-corrected chi connectivity index (χ1v) is 11.8. The molecule has 30 heavy (non-hydrogen) atoms. The van der Waals surface area contributed by atoms with Crippen molar-refractivity contribution in [2.75, 3.05) is 10.6 Å². The van der Waals surface area contributed by atoms with E-state index in [1.54, 1.807) is 36.0 Å². The minimum atomic E-state index is -0.251. The molecule has 0 radical (unpaired) electrons. The molecule has 6 nitrogen and oxygen atoms in total. The minimum absolute atomic E-state index is 0.0134. The minimum Gasteiger partial charge on any atom is -0.326 e. The zero-order valence-electron chi connectivity index (χ0n) is 16.8. The van der Waals surface area contributed by atoms with Gasteiger partial charge in [0.1, 0.15) is 5.01 Å². The van der Waals surface area contributed by atoms with Crippen LogP contribution < -0.4 is 10.6 Å². The molecule has 0 atom stereocenters. The van der Waals surface area contributed by atoms with Crippen LogP contribution in [0.25, 0.3) is 0 Å².